The van der Waals surface area contributed by atoms with E-state index in [4.69, 9.17) is 0 Å². The van der Waals surface area contributed by atoms with E-state index in [1.54, 1.807) is 11.3 Å². The number of para-hydroxylation sites is 1. The molecule has 0 aliphatic carbocycles. The van der Waals surface area contributed by atoms with Crippen LogP contribution in [0.2, 0.25) is 0 Å². The molecular weight excluding hydrogens is 254 g/mol. The van der Waals surface area contributed by atoms with Gasteiger partial charge in [-0.2, -0.15) is 0 Å². The van der Waals surface area contributed by atoms with Crippen LogP contribution in [0, 0.1) is 13.8 Å². The molecule has 0 atom stereocenters. The summed E-state index contributed by atoms with van der Waals surface area (Å²) >= 11 is 1.69. The highest BCUT2D eigenvalue weighted by atomic mass is 32.1. The number of rotatable bonds is 3. The zero-order valence-corrected chi connectivity index (χ0v) is 11.8. The minimum atomic E-state index is 0.762. The van der Waals surface area contributed by atoms with Gasteiger partial charge in [-0.25, -0.2) is 4.98 Å². The van der Waals surface area contributed by atoms with E-state index >= 15 is 0 Å². The van der Waals surface area contributed by atoms with Crippen LogP contribution in [0.1, 0.15) is 16.7 Å². The summed E-state index contributed by atoms with van der Waals surface area (Å²) in [6.45, 7) is 4.96. The van der Waals surface area contributed by atoms with Gasteiger partial charge in [-0.1, -0.05) is 23.5 Å². The lowest BCUT2D eigenvalue weighted by Gasteiger charge is -2.05. The van der Waals surface area contributed by atoms with E-state index in [-0.39, 0.29) is 0 Å². The fourth-order valence-corrected chi connectivity index (χ4v) is 2.95. The molecule has 0 spiro atoms. The van der Waals surface area contributed by atoms with Crippen LogP contribution in [-0.4, -0.2) is 9.97 Å². The third kappa shape index (κ3) is 2.44. The molecule has 0 unspecified atom stereocenters. The number of pyridine rings is 1. The Morgan fingerprint density at radius 2 is 2.05 bits per heavy atom. The van der Waals surface area contributed by atoms with Crippen LogP contribution in [0.4, 0.5) is 5.13 Å². The van der Waals surface area contributed by atoms with Crippen molar-refractivity contribution in [3.63, 3.8) is 0 Å². The number of aromatic nitrogens is 2. The molecule has 0 aliphatic rings. The molecule has 1 N–H and O–H groups in total. The van der Waals surface area contributed by atoms with Crippen LogP contribution in [0.3, 0.4) is 0 Å². The average molecular weight is 269 g/mol. The monoisotopic (exact) mass is 269 g/mol. The predicted molar refractivity (Wildman–Crippen MR) is 80.7 cm³/mol. The minimum absolute atomic E-state index is 0.762. The van der Waals surface area contributed by atoms with Gasteiger partial charge in [-0.05, 0) is 42.7 Å². The number of hydrogen-bond acceptors (Lipinski definition) is 4. The molecule has 3 aromatic rings. The van der Waals surface area contributed by atoms with Gasteiger partial charge in [-0.15, -0.1) is 0 Å². The fraction of sp³-hybridized carbons (Fsp3) is 0.200. The first-order valence-electron chi connectivity index (χ1n) is 6.23. The Bertz CT molecular complexity index is 718. The number of thiazole rings is 1. The second-order valence-corrected chi connectivity index (χ2v) is 5.63. The first-order valence-corrected chi connectivity index (χ1v) is 7.05. The van der Waals surface area contributed by atoms with Crippen molar-refractivity contribution in [3.8, 4) is 0 Å². The van der Waals surface area contributed by atoms with E-state index in [1.807, 2.05) is 18.5 Å². The number of anilines is 1. The third-order valence-corrected chi connectivity index (χ3v) is 4.18. The van der Waals surface area contributed by atoms with Crippen LogP contribution < -0.4 is 5.32 Å². The van der Waals surface area contributed by atoms with E-state index in [2.05, 4.69) is 47.3 Å². The van der Waals surface area contributed by atoms with Crippen molar-refractivity contribution in [1.29, 1.82) is 0 Å². The second kappa shape index (κ2) is 4.97. The number of nitrogens with one attached hydrogen (secondary N) is 1. The molecule has 0 amide bonds. The van der Waals surface area contributed by atoms with E-state index in [1.165, 1.54) is 21.4 Å². The zero-order valence-electron chi connectivity index (χ0n) is 11.0. The van der Waals surface area contributed by atoms with Crippen LogP contribution in [0.15, 0.2) is 36.7 Å². The first-order chi connectivity index (χ1) is 9.24. The van der Waals surface area contributed by atoms with Crippen molar-refractivity contribution < 1.29 is 0 Å². The lowest BCUT2D eigenvalue weighted by atomic mass is 10.2. The molecule has 0 saturated heterocycles. The number of benzene rings is 1. The molecule has 4 heteroatoms. The summed E-state index contributed by atoms with van der Waals surface area (Å²) in [5.41, 5.74) is 4.77. The highest BCUT2D eigenvalue weighted by molar-refractivity contribution is 7.22. The SMILES string of the molecule is Cc1ccncc1CNc1nc2c(C)cccc2s1. The number of hydrogen-bond donors (Lipinski definition) is 1. The summed E-state index contributed by atoms with van der Waals surface area (Å²) in [4.78, 5) is 8.80. The molecule has 96 valence electrons. The molecule has 19 heavy (non-hydrogen) atoms. The van der Waals surface area contributed by atoms with Gasteiger partial charge in [0, 0.05) is 18.9 Å². The van der Waals surface area contributed by atoms with Crippen molar-refractivity contribution in [1.82, 2.24) is 9.97 Å². The maximum Gasteiger partial charge on any atom is 0.184 e. The predicted octanol–water partition coefficient (Wildman–Crippen LogP) is 3.92. The number of nitrogens with zero attached hydrogens (tertiary/aromatic N) is 2. The Morgan fingerprint density at radius 1 is 1.16 bits per heavy atom. The summed E-state index contributed by atoms with van der Waals surface area (Å²) in [5, 5.41) is 4.35. The number of aryl methyl sites for hydroxylation is 2. The van der Waals surface area contributed by atoms with Crippen molar-refractivity contribution in [3.05, 3.63) is 53.3 Å². The molecule has 0 saturated carbocycles. The number of fused-ring (bicyclic) bond motifs is 1. The van der Waals surface area contributed by atoms with Gasteiger partial charge in [0.05, 0.1) is 10.2 Å². The lowest BCUT2D eigenvalue weighted by molar-refractivity contribution is 1.08. The Kier molecular flexibility index (Phi) is 3.17. The van der Waals surface area contributed by atoms with E-state index < -0.39 is 0 Å². The third-order valence-electron chi connectivity index (χ3n) is 3.20. The smallest absolute Gasteiger partial charge is 0.184 e. The van der Waals surface area contributed by atoms with Gasteiger partial charge in [0.25, 0.3) is 0 Å². The van der Waals surface area contributed by atoms with Crippen LogP contribution in [-0.2, 0) is 6.54 Å². The maximum absolute atomic E-state index is 4.64. The molecule has 0 fully saturated rings. The highest BCUT2D eigenvalue weighted by Crippen LogP contribution is 2.28. The van der Waals surface area contributed by atoms with Gasteiger partial charge in [0.1, 0.15) is 0 Å². The van der Waals surface area contributed by atoms with Gasteiger partial charge in [-0.3, -0.25) is 4.98 Å². The molecular formula is C15H15N3S. The minimum Gasteiger partial charge on any atom is -0.357 e. The summed E-state index contributed by atoms with van der Waals surface area (Å²) in [5.74, 6) is 0. The first kappa shape index (κ1) is 12.1. The summed E-state index contributed by atoms with van der Waals surface area (Å²) in [6, 6.07) is 8.31. The van der Waals surface area contributed by atoms with Crippen molar-refractivity contribution >= 4 is 26.7 Å². The standard InChI is InChI=1S/C15H15N3S/c1-10-6-7-16-8-12(10)9-17-15-18-14-11(2)4-3-5-13(14)19-15/h3-8H,9H2,1-2H3,(H,17,18). The van der Waals surface area contributed by atoms with E-state index in [0.717, 1.165) is 17.2 Å². The van der Waals surface area contributed by atoms with Gasteiger partial charge < -0.3 is 5.32 Å². The van der Waals surface area contributed by atoms with Crippen molar-refractivity contribution in [2.24, 2.45) is 0 Å². The van der Waals surface area contributed by atoms with Crippen LogP contribution in [0.5, 0.6) is 0 Å². The van der Waals surface area contributed by atoms with Crippen LogP contribution in [0.25, 0.3) is 10.2 Å². The highest BCUT2D eigenvalue weighted by Gasteiger charge is 2.05. The Hall–Kier alpha value is -1.94. The van der Waals surface area contributed by atoms with Crippen molar-refractivity contribution in [2.45, 2.75) is 20.4 Å². The van der Waals surface area contributed by atoms with Crippen LogP contribution >= 0.6 is 11.3 Å². The van der Waals surface area contributed by atoms with Gasteiger partial charge in [0.15, 0.2) is 5.13 Å². The van der Waals surface area contributed by atoms with Crippen molar-refractivity contribution in [2.75, 3.05) is 5.32 Å². The molecule has 1 aromatic carbocycles. The summed E-state index contributed by atoms with van der Waals surface area (Å²) < 4.78 is 1.23. The summed E-state index contributed by atoms with van der Waals surface area (Å²) in [7, 11) is 0. The Balaban J connectivity index is 1.83. The quantitative estimate of drug-likeness (QED) is 0.783. The molecule has 0 bridgehead atoms. The topological polar surface area (TPSA) is 37.8 Å². The lowest BCUT2D eigenvalue weighted by Crippen LogP contribution is -2.01. The van der Waals surface area contributed by atoms with E-state index in [9.17, 15) is 0 Å². The average Bonchev–Trinajstić information content (AvgIpc) is 2.82. The summed E-state index contributed by atoms with van der Waals surface area (Å²) in [6.07, 6.45) is 3.72. The molecule has 2 heterocycles. The zero-order chi connectivity index (χ0) is 13.2. The molecule has 2 aromatic heterocycles. The Morgan fingerprint density at radius 3 is 2.84 bits per heavy atom. The second-order valence-electron chi connectivity index (χ2n) is 4.60. The molecule has 3 rings (SSSR count). The normalized spacial score (nSPS) is 10.8. The fourth-order valence-electron chi connectivity index (χ4n) is 2.01. The molecule has 0 aliphatic heterocycles. The van der Waals surface area contributed by atoms with Gasteiger partial charge >= 0.3 is 0 Å². The molecule has 0 radical (unpaired) electrons. The Labute approximate surface area is 116 Å². The molecule has 3 nitrogen and oxygen atoms in total. The van der Waals surface area contributed by atoms with Gasteiger partial charge in [0.2, 0.25) is 0 Å². The maximum atomic E-state index is 4.64. The van der Waals surface area contributed by atoms with E-state index in [0.29, 0.717) is 0 Å². The largest absolute Gasteiger partial charge is 0.357 e.